The normalized spacial score (nSPS) is 15.2. The number of anilines is 1. The molecule has 3 N–H and O–H groups in total. The fraction of sp³-hybridized carbons (Fsp3) is 0.273. The minimum atomic E-state index is -0.208. The second-order valence-corrected chi connectivity index (χ2v) is 4.04. The summed E-state index contributed by atoms with van der Waals surface area (Å²) in [4.78, 5) is 16.0. The number of aromatic nitrogens is 3. The van der Waals surface area contributed by atoms with Crippen molar-refractivity contribution in [2.24, 2.45) is 0 Å². The zero-order valence-electron chi connectivity index (χ0n) is 8.68. The lowest BCUT2D eigenvalue weighted by Gasteiger charge is -1.98. The molecule has 0 spiro atoms. The second kappa shape index (κ2) is 3.23. The second-order valence-electron chi connectivity index (χ2n) is 4.04. The first-order valence-electron chi connectivity index (χ1n) is 5.29. The lowest BCUT2D eigenvalue weighted by molar-refractivity contribution is 0.792. The molecule has 2 aromatic rings. The number of aromatic amines is 1. The summed E-state index contributed by atoms with van der Waals surface area (Å²) < 4.78 is 1.41. The molecule has 0 aliphatic heterocycles. The zero-order valence-corrected chi connectivity index (χ0v) is 8.68. The van der Waals surface area contributed by atoms with Crippen molar-refractivity contribution in [2.45, 2.75) is 18.8 Å². The summed E-state index contributed by atoms with van der Waals surface area (Å²) in [6.07, 6.45) is 3.86. The molecule has 5 nitrogen and oxygen atoms in total. The molecule has 0 aromatic carbocycles. The topological polar surface area (TPSA) is 76.7 Å². The molecule has 82 valence electrons. The van der Waals surface area contributed by atoms with Crippen LogP contribution in [0.3, 0.4) is 0 Å². The van der Waals surface area contributed by atoms with E-state index in [0.717, 1.165) is 18.5 Å². The predicted molar refractivity (Wildman–Crippen MR) is 60.6 cm³/mol. The van der Waals surface area contributed by atoms with Gasteiger partial charge < -0.3 is 5.73 Å². The van der Waals surface area contributed by atoms with Gasteiger partial charge in [-0.05, 0) is 25.0 Å². The highest BCUT2D eigenvalue weighted by Crippen LogP contribution is 2.40. The lowest BCUT2D eigenvalue weighted by Crippen LogP contribution is -2.17. The molecule has 0 atom stereocenters. The molecule has 16 heavy (non-hydrogen) atoms. The number of pyridine rings is 1. The minimum Gasteiger partial charge on any atom is -0.393 e. The van der Waals surface area contributed by atoms with Crippen LogP contribution in [0.2, 0.25) is 0 Å². The van der Waals surface area contributed by atoms with Gasteiger partial charge in [0, 0.05) is 12.1 Å². The maximum Gasteiger partial charge on any atom is 0.296 e. The van der Waals surface area contributed by atoms with Crippen LogP contribution in [-0.2, 0) is 0 Å². The number of nitrogen functional groups attached to an aromatic ring is 1. The van der Waals surface area contributed by atoms with Crippen molar-refractivity contribution in [3.05, 3.63) is 40.4 Å². The number of nitrogens with two attached hydrogens (primary N) is 1. The lowest BCUT2D eigenvalue weighted by atomic mass is 10.3. The van der Waals surface area contributed by atoms with Crippen LogP contribution in [0.4, 0.5) is 5.69 Å². The number of rotatable bonds is 2. The summed E-state index contributed by atoms with van der Waals surface area (Å²) in [5.74, 6) is 1.00. The predicted octanol–water partition coefficient (Wildman–Crippen LogP) is 1.02. The summed E-state index contributed by atoms with van der Waals surface area (Å²) >= 11 is 0. The van der Waals surface area contributed by atoms with E-state index in [0.29, 0.717) is 17.4 Å². The molecule has 3 rings (SSSR count). The van der Waals surface area contributed by atoms with Gasteiger partial charge >= 0.3 is 0 Å². The maximum atomic E-state index is 11.9. The Morgan fingerprint density at radius 3 is 2.88 bits per heavy atom. The Bertz CT molecular complexity index is 565. The van der Waals surface area contributed by atoms with E-state index in [1.807, 2.05) is 12.1 Å². The van der Waals surface area contributed by atoms with Crippen LogP contribution in [0.1, 0.15) is 24.5 Å². The number of hydrogen-bond acceptors (Lipinski definition) is 3. The van der Waals surface area contributed by atoms with Crippen LogP contribution in [-0.4, -0.2) is 14.8 Å². The Kier molecular flexibility index (Phi) is 1.86. The first kappa shape index (κ1) is 9.21. The summed E-state index contributed by atoms with van der Waals surface area (Å²) in [5.41, 5.74) is 6.77. The van der Waals surface area contributed by atoms with Crippen LogP contribution >= 0.6 is 0 Å². The smallest absolute Gasteiger partial charge is 0.296 e. The molecule has 0 amide bonds. The molecular weight excluding hydrogens is 204 g/mol. The molecule has 1 saturated carbocycles. The molecular formula is C11H12N4O. The largest absolute Gasteiger partial charge is 0.393 e. The molecule has 1 aliphatic rings. The van der Waals surface area contributed by atoms with Crippen LogP contribution in [0.25, 0.3) is 5.82 Å². The van der Waals surface area contributed by atoms with Gasteiger partial charge in [-0.15, -0.1) is 0 Å². The van der Waals surface area contributed by atoms with Gasteiger partial charge in [0.1, 0.15) is 5.69 Å². The van der Waals surface area contributed by atoms with E-state index >= 15 is 0 Å². The summed E-state index contributed by atoms with van der Waals surface area (Å²) in [6, 6.07) is 5.42. The van der Waals surface area contributed by atoms with E-state index in [2.05, 4.69) is 10.1 Å². The van der Waals surface area contributed by atoms with Crippen molar-refractivity contribution in [3.63, 3.8) is 0 Å². The summed E-state index contributed by atoms with van der Waals surface area (Å²) in [6.45, 7) is 0. The molecule has 2 aromatic heterocycles. The van der Waals surface area contributed by atoms with Gasteiger partial charge in [-0.2, -0.15) is 4.68 Å². The standard InChI is InChI=1S/C11H12N4O/c12-9-10(7-4-5-7)14-15(11(9)16)8-3-1-2-6-13-8/h1-3,6-7,14H,4-5,12H2. The van der Waals surface area contributed by atoms with Crippen LogP contribution in [0.5, 0.6) is 0 Å². The van der Waals surface area contributed by atoms with Gasteiger partial charge in [0.2, 0.25) is 0 Å². The molecule has 0 radical (unpaired) electrons. The first-order valence-corrected chi connectivity index (χ1v) is 5.29. The SMILES string of the molecule is Nc1c(C2CC2)[nH]n(-c2ccccn2)c1=O. The van der Waals surface area contributed by atoms with Gasteiger partial charge in [-0.25, -0.2) is 4.98 Å². The quantitative estimate of drug-likeness (QED) is 0.786. The van der Waals surface area contributed by atoms with Gasteiger partial charge in [0.15, 0.2) is 5.82 Å². The molecule has 0 saturated heterocycles. The van der Waals surface area contributed by atoms with E-state index in [-0.39, 0.29) is 5.56 Å². The number of nitrogens with zero attached hydrogens (tertiary/aromatic N) is 2. The molecule has 1 aliphatic carbocycles. The molecule has 0 bridgehead atoms. The highest BCUT2D eigenvalue weighted by Gasteiger charge is 2.29. The third-order valence-electron chi connectivity index (χ3n) is 2.82. The van der Waals surface area contributed by atoms with E-state index in [1.165, 1.54) is 4.68 Å². The zero-order chi connectivity index (χ0) is 11.1. The number of nitrogens with one attached hydrogen (secondary N) is 1. The van der Waals surface area contributed by atoms with E-state index in [9.17, 15) is 4.79 Å². The Balaban J connectivity index is 2.15. The third-order valence-corrected chi connectivity index (χ3v) is 2.82. The van der Waals surface area contributed by atoms with Crippen molar-refractivity contribution < 1.29 is 0 Å². The van der Waals surface area contributed by atoms with Gasteiger partial charge in [-0.3, -0.25) is 9.89 Å². The minimum absolute atomic E-state index is 0.208. The fourth-order valence-corrected chi connectivity index (χ4v) is 1.80. The van der Waals surface area contributed by atoms with E-state index < -0.39 is 0 Å². The highest BCUT2D eigenvalue weighted by molar-refractivity contribution is 5.46. The number of H-pyrrole nitrogens is 1. The number of hydrogen-bond donors (Lipinski definition) is 2. The van der Waals surface area contributed by atoms with Crippen LogP contribution in [0.15, 0.2) is 29.2 Å². The summed E-state index contributed by atoms with van der Waals surface area (Å²) in [5, 5.41) is 3.04. The van der Waals surface area contributed by atoms with Crippen molar-refractivity contribution >= 4 is 5.69 Å². The van der Waals surface area contributed by atoms with Gasteiger partial charge in [0.05, 0.1) is 5.69 Å². The van der Waals surface area contributed by atoms with Crippen molar-refractivity contribution in [2.75, 3.05) is 5.73 Å². The van der Waals surface area contributed by atoms with Crippen molar-refractivity contribution in [1.82, 2.24) is 14.8 Å². The third kappa shape index (κ3) is 1.32. The Morgan fingerprint density at radius 1 is 1.44 bits per heavy atom. The average molecular weight is 216 g/mol. The van der Waals surface area contributed by atoms with E-state index in [1.54, 1.807) is 12.3 Å². The molecule has 2 heterocycles. The van der Waals surface area contributed by atoms with Crippen molar-refractivity contribution in [1.29, 1.82) is 0 Å². The fourth-order valence-electron chi connectivity index (χ4n) is 1.80. The van der Waals surface area contributed by atoms with Crippen LogP contribution in [0, 0.1) is 0 Å². The molecule has 5 heteroatoms. The van der Waals surface area contributed by atoms with Crippen LogP contribution < -0.4 is 11.3 Å². The Morgan fingerprint density at radius 2 is 2.25 bits per heavy atom. The molecule has 0 unspecified atom stereocenters. The van der Waals surface area contributed by atoms with Crippen molar-refractivity contribution in [3.8, 4) is 5.82 Å². The Hall–Kier alpha value is -2.04. The van der Waals surface area contributed by atoms with Gasteiger partial charge in [0.25, 0.3) is 5.56 Å². The van der Waals surface area contributed by atoms with E-state index in [4.69, 9.17) is 5.73 Å². The maximum absolute atomic E-state index is 11.9. The Labute approximate surface area is 91.9 Å². The molecule has 1 fully saturated rings. The monoisotopic (exact) mass is 216 g/mol. The first-order chi connectivity index (χ1) is 7.77. The van der Waals surface area contributed by atoms with Gasteiger partial charge in [-0.1, -0.05) is 6.07 Å². The highest BCUT2D eigenvalue weighted by atomic mass is 16.1. The summed E-state index contributed by atoms with van der Waals surface area (Å²) in [7, 11) is 0. The average Bonchev–Trinajstić information content (AvgIpc) is 3.10.